The number of aromatic nitrogens is 2. The first kappa shape index (κ1) is 12.8. The standard InChI is InChI=1S/C15H14ClN3O/c1-2-20-13-9-5-8-12-14(13)18-15(17)19(12)11-7-4-3-6-10(11)16/h3-9H,2H2,1H3,(H2,17,18). The van der Waals surface area contributed by atoms with Gasteiger partial charge in [-0.05, 0) is 31.2 Å². The Hall–Kier alpha value is -2.20. The van der Waals surface area contributed by atoms with Gasteiger partial charge in [-0.2, -0.15) is 0 Å². The quantitative estimate of drug-likeness (QED) is 0.800. The maximum absolute atomic E-state index is 6.25. The van der Waals surface area contributed by atoms with Crippen LogP contribution in [-0.4, -0.2) is 16.2 Å². The number of halogens is 1. The molecule has 0 aliphatic rings. The normalized spacial score (nSPS) is 10.9. The minimum Gasteiger partial charge on any atom is -0.492 e. The molecule has 4 nitrogen and oxygen atoms in total. The summed E-state index contributed by atoms with van der Waals surface area (Å²) in [6, 6.07) is 13.3. The number of hydrogen-bond donors (Lipinski definition) is 1. The van der Waals surface area contributed by atoms with Crippen molar-refractivity contribution in [1.29, 1.82) is 0 Å². The number of ether oxygens (including phenoxy) is 1. The Morgan fingerprint density at radius 3 is 2.75 bits per heavy atom. The van der Waals surface area contributed by atoms with Crippen molar-refractivity contribution < 1.29 is 4.74 Å². The average Bonchev–Trinajstić information content (AvgIpc) is 2.77. The highest BCUT2D eigenvalue weighted by molar-refractivity contribution is 6.32. The van der Waals surface area contributed by atoms with Gasteiger partial charge < -0.3 is 10.5 Å². The van der Waals surface area contributed by atoms with E-state index < -0.39 is 0 Å². The molecule has 1 aromatic heterocycles. The molecule has 5 heteroatoms. The van der Waals surface area contributed by atoms with Gasteiger partial charge in [0.15, 0.2) is 0 Å². The molecule has 2 aromatic carbocycles. The SMILES string of the molecule is CCOc1cccc2c1nc(N)n2-c1ccccc1Cl. The smallest absolute Gasteiger partial charge is 0.206 e. The zero-order valence-electron chi connectivity index (χ0n) is 11.0. The molecule has 0 saturated carbocycles. The summed E-state index contributed by atoms with van der Waals surface area (Å²) in [4.78, 5) is 4.41. The summed E-state index contributed by atoms with van der Waals surface area (Å²) in [5.74, 6) is 1.11. The van der Waals surface area contributed by atoms with Gasteiger partial charge in [0, 0.05) is 0 Å². The lowest BCUT2D eigenvalue weighted by Crippen LogP contribution is -2.01. The maximum atomic E-state index is 6.25. The monoisotopic (exact) mass is 287 g/mol. The lowest BCUT2D eigenvalue weighted by Gasteiger charge is -2.09. The molecule has 0 amide bonds. The van der Waals surface area contributed by atoms with Crippen molar-refractivity contribution in [2.45, 2.75) is 6.92 Å². The second-order valence-corrected chi connectivity index (χ2v) is 4.72. The van der Waals surface area contributed by atoms with Crippen LogP contribution in [0.4, 0.5) is 5.95 Å². The van der Waals surface area contributed by atoms with E-state index in [4.69, 9.17) is 22.1 Å². The summed E-state index contributed by atoms with van der Waals surface area (Å²) in [6.07, 6.45) is 0. The fourth-order valence-electron chi connectivity index (χ4n) is 2.25. The molecule has 0 radical (unpaired) electrons. The molecular formula is C15H14ClN3O. The number of hydrogen-bond acceptors (Lipinski definition) is 3. The van der Waals surface area contributed by atoms with Crippen molar-refractivity contribution in [3.8, 4) is 11.4 Å². The Balaban J connectivity index is 2.30. The number of benzene rings is 2. The van der Waals surface area contributed by atoms with Gasteiger partial charge >= 0.3 is 0 Å². The molecule has 102 valence electrons. The van der Waals surface area contributed by atoms with Crippen LogP contribution in [0.1, 0.15) is 6.92 Å². The molecule has 0 bridgehead atoms. The van der Waals surface area contributed by atoms with Crippen LogP contribution < -0.4 is 10.5 Å². The summed E-state index contributed by atoms with van der Waals surface area (Å²) in [7, 11) is 0. The number of nitrogens with two attached hydrogens (primary N) is 1. The van der Waals surface area contributed by atoms with Gasteiger partial charge in [0.2, 0.25) is 5.95 Å². The minimum atomic E-state index is 0.389. The Labute approximate surface area is 121 Å². The first-order valence-corrected chi connectivity index (χ1v) is 6.74. The van der Waals surface area contributed by atoms with Gasteiger partial charge in [-0.1, -0.05) is 29.8 Å². The largest absolute Gasteiger partial charge is 0.492 e. The van der Waals surface area contributed by atoms with Crippen molar-refractivity contribution in [2.75, 3.05) is 12.3 Å². The fourth-order valence-corrected chi connectivity index (χ4v) is 2.47. The number of nitrogen functional groups attached to an aromatic ring is 1. The third-order valence-corrected chi connectivity index (χ3v) is 3.39. The lowest BCUT2D eigenvalue weighted by molar-refractivity contribution is 0.344. The van der Waals surface area contributed by atoms with Crippen molar-refractivity contribution in [3.63, 3.8) is 0 Å². The molecule has 0 aliphatic heterocycles. The van der Waals surface area contributed by atoms with Crippen LogP contribution in [0.5, 0.6) is 5.75 Å². The van der Waals surface area contributed by atoms with E-state index in [0.717, 1.165) is 22.5 Å². The van der Waals surface area contributed by atoms with E-state index >= 15 is 0 Å². The Morgan fingerprint density at radius 1 is 1.20 bits per heavy atom. The Kier molecular flexibility index (Phi) is 3.24. The summed E-state index contributed by atoms with van der Waals surface area (Å²) in [5, 5.41) is 0.625. The van der Waals surface area contributed by atoms with Crippen LogP contribution >= 0.6 is 11.6 Å². The number of nitrogens with zero attached hydrogens (tertiary/aromatic N) is 2. The molecule has 1 heterocycles. The van der Waals surface area contributed by atoms with E-state index in [1.165, 1.54) is 0 Å². The third kappa shape index (κ3) is 1.98. The van der Waals surface area contributed by atoms with Crippen LogP contribution in [0.2, 0.25) is 5.02 Å². The number of imidazole rings is 1. The van der Waals surface area contributed by atoms with Gasteiger partial charge in [0.1, 0.15) is 11.3 Å². The van der Waals surface area contributed by atoms with Crippen molar-refractivity contribution >= 4 is 28.6 Å². The molecule has 0 fully saturated rings. The molecule has 3 rings (SSSR count). The molecule has 0 unspecified atom stereocenters. The number of para-hydroxylation sites is 2. The summed E-state index contributed by atoms with van der Waals surface area (Å²) in [6.45, 7) is 2.52. The van der Waals surface area contributed by atoms with Crippen LogP contribution in [0, 0.1) is 0 Å². The first-order valence-electron chi connectivity index (χ1n) is 6.37. The average molecular weight is 288 g/mol. The number of anilines is 1. The zero-order valence-corrected chi connectivity index (χ0v) is 11.8. The van der Waals surface area contributed by atoms with Gasteiger partial charge in [0.05, 0.1) is 22.8 Å². The third-order valence-electron chi connectivity index (χ3n) is 3.07. The second kappa shape index (κ2) is 5.06. The lowest BCUT2D eigenvalue weighted by atomic mass is 10.2. The first-order chi connectivity index (χ1) is 9.72. The molecule has 0 atom stereocenters. The van der Waals surface area contributed by atoms with E-state index in [0.29, 0.717) is 17.6 Å². The Bertz CT molecular complexity index is 767. The molecule has 2 N–H and O–H groups in total. The van der Waals surface area contributed by atoms with E-state index in [9.17, 15) is 0 Å². The van der Waals surface area contributed by atoms with Gasteiger partial charge in [-0.3, -0.25) is 4.57 Å². The number of rotatable bonds is 3. The summed E-state index contributed by atoms with van der Waals surface area (Å²) in [5.41, 5.74) is 8.48. The van der Waals surface area contributed by atoms with E-state index in [1.54, 1.807) is 0 Å². The predicted octanol–water partition coefficient (Wildman–Crippen LogP) is 3.66. The van der Waals surface area contributed by atoms with Gasteiger partial charge in [-0.15, -0.1) is 0 Å². The Morgan fingerprint density at radius 2 is 2.00 bits per heavy atom. The number of fused-ring (bicyclic) bond motifs is 1. The van der Waals surface area contributed by atoms with Gasteiger partial charge in [-0.25, -0.2) is 4.98 Å². The second-order valence-electron chi connectivity index (χ2n) is 4.31. The van der Waals surface area contributed by atoms with Crippen LogP contribution in [-0.2, 0) is 0 Å². The molecular weight excluding hydrogens is 274 g/mol. The minimum absolute atomic E-state index is 0.389. The molecule has 3 aromatic rings. The molecule has 0 spiro atoms. The van der Waals surface area contributed by atoms with E-state index in [2.05, 4.69) is 4.98 Å². The fraction of sp³-hybridized carbons (Fsp3) is 0.133. The molecule has 0 aliphatic carbocycles. The summed E-state index contributed by atoms with van der Waals surface area (Å²) < 4.78 is 7.42. The van der Waals surface area contributed by atoms with Crippen LogP contribution in [0.25, 0.3) is 16.7 Å². The van der Waals surface area contributed by atoms with Crippen LogP contribution in [0.15, 0.2) is 42.5 Å². The topological polar surface area (TPSA) is 53.1 Å². The zero-order chi connectivity index (χ0) is 14.1. The predicted molar refractivity (Wildman–Crippen MR) is 81.7 cm³/mol. The molecule has 20 heavy (non-hydrogen) atoms. The highest BCUT2D eigenvalue weighted by Crippen LogP contribution is 2.32. The highest BCUT2D eigenvalue weighted by Gasteiger charge is 2.15. The van der Waals surface area contributed by atoms with Crippen LogP contribution in [0.3, 0.4) is 0 Å². The highest BCUT2D eigenvalue weighted by atomic mass is 35.5. The van der Waals surface area contributed by atoms with E-state index in [1.807, 2.05) is 54.0 Å². The van der Waals surface area contributed by atoms with Gasteiger partial charge in [0.25, 0.3) is 0 Å². The summed E-state index contributed by atoms with van der Waals surface area (Å²) >= 11 is 6.25. The van der Waals surface area contributed by atoms with Crippen molar-refractivity contribution in [1.82, 2.24) is 9.55 Å². The van der Waals surface area contributed by atoms with Crippen molar-refractivity contribution in [3.05, 3.63) is 47.5 Å². The molecule has 0 saturated heterocycles. The maximum Gasteiger partial charge on any atom is 0.206 e. The van der Waals surface area contributed by atoms with E-state index in [-0.39, 0.29) is 0 Å². The van der Waals surface area contributed by atoms with Crippen molar-refractivity contribution in [2.24, 2.45) is 0 Å².